The Morgan fingerprint density at radius 1 is 1.21 bits per heavy atom. The SMILES string of the molecule is CCC[C@@H]1C=C[C@H]2[C@@H](C(=O)N(CCCO)[C@@H]2C(=O)NCCN2CCOCC2)[C@@H]1C(=O)OCC. The van der Waals surface area contributed by atoms with Gasteiger partial charge in [-0.3, -0.25) is 19.3 Å². The van der Waals surface area contributed by atoms with Crippen LogP contribution >= 0.6 is 0 Å². The van der Waals surface area contributed by atoms with Crippen LogP contribution in [0.3, 0.4) is 0 Å². The number of carbonyl (C=O) groups excluding carboxylic acids is 3. The number of ether oxygens (including phenoxy) is 2. The van der Waals surface area contributed by atoms with Crippen molar-refractivity contribution in [2.45, 2.75) is 39.2 Å². The molecule has 0 radical (unpaired) electrons. The van der Waals surface area contributed by atoms with Crippen molar-refractivity contribution in [1.29, 1.82) is 0 Å². The zero-order valence-corrected chi connectivity index (χ0v) is 19.9. The van der Waals surface area contributed by atoms with Gasteiger partial charge in [-0.1, -0.05) is 25.5 Å². The quantitative estimate of drug-likeness (QED) is 0.336. The highest BCUT2D eigenvalue weighted by Crippen LogP contribution is 2.45. The van der Waals surface area contributed by atoms with Gasteiger partial charge in [0.2, 0.25) is 11.8 Å². The van der Waals surface area contributed by atoms with Crippen LogP contribution in [0.1, 0.15) is 33.1 Å². The second-order valence-electron chi connectivity index (χ2n) is 9.02. The van der Waals surface area contributed by atoms with Crippen LogP contribution in [0.15, 0.2) is 12.2 Å². The van der Waals surface area contributed by atoms with Crippen LogP contribution in [0.4, 0.5) is 0 Å². The number of esters is 1. The second-order valence-corrected chi connectivity index (χ2v) is 9.02. The van der Waals surface area contributed by atoms with E-state index in [1.165, 1.54) is 0 Å². The van der Waals surface area contributed by atoms with Gasteiger partial charge in [0, 0.05) is 45.2 Å². The number of hydrogen-bond donors (Lipinski definition) is 2. The first-order valence-electron chi connectivity index (χ1n) is 12.4. The third-order valence-electron chi connectivity index (χ3n) is 6.95. The summed E-state index contributed by atoms with van der Waals surface area (Å²) in [6.07, 6.45) is 6.02. The number of allylic oxidation sites excluding steroid dienone is 1. The minimum absolute atomic E-state index is 0.0694. The summed E-state index contributed by atoms with van der Waals surface area (Å²) in [4.78, 5) is 43.6. The molecule has 0 spiro atoms. The molecule has 9 heteroatoms. The maximum absolute atomic E-state index is 13.6. The van der Waals surface area contributed by atoms with Crippen molar-refractivity contribution in [1.82, 2.24) is 15.1 Å². The first-order chi connectivity index (χ1) is 16.0. The third-order valence-corrected chi connectivity index (χ3v) is 6.95. The average molecular weight is 466 g/mol. The zero-order chi connectivity index (χ0) is 23.8. The Morgan fingerprint density at radius 2 is 1.97 bits per heavy atom. The predicted molar refractivity (Wildman–Crippen MR) is 122 cm³/mol. The van der Waals surface area contributed by atoms with E-state index in [2.05, 4.69) is 17.1 Å². The van der Waals surface area contributed by atoms with Crippen molar-refractivity contribution in [2.24, 2.45) is 23.7 Å². The van der Waals surface area contributed by atoms with Crippen LogP contribution in [0.5, 0.6) is 0 Å². The summed E-state index contributed by atoms with van der Waals surface area (Å²) >= 11 is 0. The van der Waals surface area contributed by atoms with Gasteiger partial charge in [0.15, 0.2) is 0 Å². The van der Waals surface area contributed by atoms with Gasteiger partial charge in [-0.2, -0.15) is 0 Å². The Bertz CT molecular complexity index is 708. The van der Waals surface area contributed by atoms with E-state index in [0.29, 0.717) is 26.2 Å². The number of nitrogens with one attached hydrogen (secondary N) is 1. The molecule has 1 aliphatic carbocycles. The summed E-state index contributed by atoms with van der Waals surface area (Å²) in [6, 6.07) is -0.686. The molecule has 0 unspecified atom stereocenters. The highest BCUT2D eigenvalue weighted by Gasteiger charge is 2.57. The molecule has 2 aliphatic heterocycles. The van der Waals surface area contributed by atoms with Gasteiger partial charge >= 0.3 is 5.97 Å². The largest absolute Gasteiger partial charge is 0.466 e. The summed E-state index contributed by atoms with van der Waals surface area (Å²) in [7, 11) is 0. The number of morpholine rings is 1. The number of amides is 2. The molecular weight excluding hydrogens is 426 g/mol. The Labute approximate surface area is 196 Å². The number of hydrogen-bond acceptors (Lipinski definition) is 7. The van der Waals surface area contributed by atoms with Crippen molar-refractivity contribution in [3.05, 3.63) is 12.2 Å². The van der Waals surface area contributed by atoms with E-state index in [4.69, 9.17) is 9.47 Å². The van der Waals surface area contributed by atoms with Crippen LogP contribution in [-0.4, -0.2) is 97.9 Å². The molecule has 0 aromatic rings. The maximum atomic E-state index is 13.6. The molecule has 2 amide bonds. The van der Waals surface area contributed by atoms with Crippen molar-refractivity contribution in [3.63, 3.8) is 0 Å². The van der Waals surface area contributed by atoms with E-state index in [1.807, 2.05) is 12.2 Å². The lowest BCUT2D eigenvalue weighted by Crippen LogP contribution is -2.49. The Morgan fingerprint density at radius 3 is 2.64 bits per heavy atom. The number of nitrogens with zero attached hydrogens (tertiary/aromatic N) is 2. The molecule has 2 heterocycles. The van der Waals surface area contributed by atoms with E-state index in [-0.39, 0.29) is 49.4 Å². The highest BCUT2D eigenvalue weighted by molar-refractivity contribution is 5.96. The summed E-state index contributed by atoms with van der Waals surface area (Å²) in [5, 5.41) is 12.4. The second kappa shape index (κ2) is 12.5. The lowest BCUT2D eigenvalue weighted by Gasteiger charge is -2.34. The number of fused-ring (bicyclic) bond motifs is 1. The van der Waals surface area contributed by atoms with Crippen LogP contribution in [-0.2, 0) is 23.9 Å². The van der Waals surface area contributed by atoms with Crippen LogP contribution in [0, 0.1) is 23.7 Å². The molecule has 2 saturated heterocycles. The molecule has 9 nitrogen and oxygen atoms in total. The monoisotopic (exact) mass is 465 g/mol. The normalized spacial score (nSPS) is 29.7. The first kappa shape index (κ1) is 25.6. The molecule has 186 valence electrons. The average Bonchev–Trinajstić information content (AvgIpc) is 3.10. The minimum Gasteiger partial charge on any atom is -0.466 e. The molecule has 5 atom stereocenters. The zero-order valence-electron chi connectivity index (χ0n) is 19.9. The van der Waals surface area contributed by atoms with E-state index < -0.39 is 17.9 Å². The standard InChI is InChI=1S/C24H39N3O6/c1-3-6-17-7-8-18-20(19(17)24(31)33-4-2)23(30)27(10-5-14-28)21(18)22(29)25-9-11-26-12-15-32-16-13-26/h7-8,17-21,28H,3-6,9-16H2,1-2H3,(H,25,29)/t17-,18+,19-,20-,21+/m1/s1. The van der Waals surface area contributed by atoms with Crippen molar-refractivity contribution < 1.29 is 29.0 Å². The molecule has 3 rings (SSSR count). The van der Waals surface area contributed by atoms with Crippen molar-refractivity contribution in [2.75, 3.05) is 59.2 Å². The smallest absolute Gasteiger partial charge is 0.310 e. The fourth-order valence-electron chi connectivity index (χ4n) is 5.41. The van der Waals surface area contributed by atoms with Gasteiger partial charge < -0.3 is 24.8 Å². The van der Waals surface area contributed by atoms with Gasteiger partial charge in [0.1, 0.15) is 6.04 Å². The molecule has 0 aromatic carbocycles. The number of likely N-dealkylation sites (tertiary alicyclic amines) is 1. The summed E-state index contributed by atoms with van der Waals surface area (Å²) < 4.78 is 10.7. The van der Waals surface area contributed by atoms with E-state index >= 15 is 0 Å². The van der Waals surface area contributed by atoms with Gasteiger partial charge in [-0.25, -0.2) is 0 Å². The molecule has 0 aromatic heterocycles. The number of rotatable bonds is 11. The lowest BCUT2D eigenvalue weighted by atomic mass is 9.69. The van der Waals surface area contributed by atoms with Gasteiger partial charge in [0.25, 0.3) is 0 Å². The molecule has 3 aliphatic rings. The van der Waals surface area contributed by atoms with Gasteiger partial charge in [-0.15, -0.1) is 0 Å². The molecule has 2 N–H and O–H groups in total. The number of carbonyl (C=O) groups is 3. The molecule has 0 saturated carbocycles. The van der Waals surface area contributed by atoms with Crippen LogP contribution in [0.25, 0.3) is 0 Å². The number of aliphatic hydroxyl groups is 1. The Balaban J connectivity index is 1.78. The molecule has 0 bridgehead atoms. The Hall–Kier alpha value is -1.97. The van der Waals surface area contributed by atoms with Gasteiger partial charge in [-0.05, 0) is 25.7 Å². The summed E-state index contributed by atoms with van der Waals surface area (Å²) in [5.74, 6) is -2.42. The Kier molecular flexibility index (Phi) is 9.70. The molecule has 2 fully saturated rings. The fourth-order valence-corrected chi connectivity index (χ4v) is 5.41. The third kappa shape index (κ3) is 5.94. The lowest BCUT2D eigenvalue weighted by molar-refractivity contribution is -0.155. The van der Waals surface area contributed by atoms with Gasteiger partial charge in [0.05, 0.1) is 31.7 Å². The van der Waals surface area contributed by atoms with E-state index in [1.54, 1.807) is 11.8 Å². The summed E-state index contributed by atoms with van der Waals surface area (Å²) in [5.41, 5.74) is 0. The highest BCUT2D eigenvalue weighted by atomic mass is 16.5. The van der Waals surface area contributed by atoms with Crippen LogP contribution in [0.2, 0.25) is 0 Å². The minimum atomic E-state index is -0.686. The topological polar surface area (TPSA) is 108 Å². The number of aliphatic hydroxyl groups excluding tert-OH is 1. The fraction of sp³-hybridized carbons (Fsp3) is 0.792. The van der Waals surface area contributed by atoms with Crippen molar-refractivity contribution in [3.8, 4) is 0 Å². The molecule has 33 heavy (non-hydrogen) atoms. The predicted octanol–water partition coefficient (Wildman–Crippen LogP) is 0.426. The maximum Gasteiger partial charge on any atom is 0.310 e. The van der Waals surface area contributed by atoms with E-state index in [0.717, 1.165) is 32.5 Å². The molecular formula is C24H39N3O6. The first-order valence-corrected chi connectivity index (χ1v) is 12.4. The summed E-state index contributed by atoms with van der Waals surface area (Å²) in [6.45, 7) is 8.56. The van der Waals surface area contributed by atoms with E-state index in [9.17, 15) is 19.5 Å². The van der Waals surface area contributed by atoms with Crippen LogP contribution < -0.4 is 5.32 Å². The van der Waals surface area contributed by atoms with Crippen molar-refractivity contribution >= 4 is 17.8 Å².